The Bertz CT molecular complexity index is 518. The van der Waals surface area contributed by atoms with Crippen LogP contribution >= 0.6 is 23.2 Å². The largest absolute Gasteiger partial charge is 0.481 e. The third kappa shape index (κ3) is 3.83. The van der Waals surface area contributed by atoms with Crippen molar-refractivity contribution in [3.63, 3.8) is 0 Å². The maximum atomic E-state index is 12.4. The number of rotatable bonds is 1. The highest BCUT2D eigenvalue weighted by Crippen LogP contribution is 2.35. The van der Waals surface area contributed by atoms with Crippen molar-refractivity contribution in [2.45, 2.75) is 12.6 Å². The quantitative estimate of drug-likeness (QED) is 0.800. The SMILES string of the molecule is O=C(O)CC#Cc1c(Cl)cc(C(F)(F)F)cc1Cl. The highest BCUT2D eigenvalue weighted by molar-refractivity contribution is 6.36. The van der Waals surface area contributed by atoms with E-state index in [1.165, 1.54) is 0 Å². The molecule has 0 aliphatic heterocycles. The van der Waals surface area contributed by atoms with Gasteiger partial charge in [0.05, 0.1) is 21.2 Å². The Balaban J connectivity index is 3.16. The third-order valence-electron chi connectivity index (χ3n) is 1.82. The molecule has 0 bridgehead atoms. The van der Waals surface area contributed by atoms with Crippen LogP contribution in [0.2, 0.25) is 10.0 Å². The second-order valence-corrected chi connectivity index (χ2v) is 4.00. The van der Waals surface area contributed by atoms with Crippen LogP contribution in [0, 0.1) is 11.8 Å². The number of aliphatic carboxylic acids is 1. The van der Waals surface area contributed by atoms with E-state index in [0.29, 0.717) is 12.1 Å². The van der Waals surface area contributed by atoms with Crippen LogP contribution in [0.3, 0.4) is 0 Å². The number of hydrogen-bond donors (Lipinski definition) is 1. The van der Waals surface area contributed by atoms with E-state index in [0.717, 1.165) is 0 Å². The Kier molecular flexibility index (Phi) is 4.49. The molecule has 0 aliphatic carbocycles. The van der Waals surface area contributed by atoms with Gasteiger partial charge in [-0.05, 0) is 12.1 Å². The van der Waals surface area contributed by atoms with E-state index in [9.17, 15) is 18.0 Å². The Morgan fingerprint density at radius 1 is 1.28 bits per heavy atom. The van der Waals surface area contributed by atoms with Crippen LogP contribution in [0.15, 0.2) is 12.1 Å². The number of benzene rings is 1. The molecule has 96 valence electrons. The zero-order valence-corrected chi connectivity index (χ0v) is 10.1. The number of carboxylic acid groups (broad SMARTS) is 1. The number of alkyl halides is 3. The summed E-state index contributed by atoms with van der Waals surface area (Å²) in [6, 6.07) is 1.39. The van der Waals surface area contributed by atoms with Crippen molar-refractivity contribution in [2.75, 3.05) is 0 Å². The molecule has 18 heavy (non-hydrogen) atoms. The summed E-state index contributed by atoms with van der Waals surface area (Å²) in [4.78, 5) is 10.2. The summed E-state index contributed by atoms with van der Waals surface area (Å²) in [5.74, 6) is 3.42. The van der Waals surface area contributed by atoms with Gasteiger partial charge in [-0.3, -0.25) is 4.79 Å². The smallest absolute Gasteiger partial charge is 0.416 e. The molecule has 0 aliphatic rings. The van der Waals surface area contributed by atoms with E-state index >= 15 is 0 Å². The van der Waals surface area contributed by atoms with E-state index in [4.69, 9.17) is 28.3 Å². The molecule has 0 unspecified atom stereocenters. The molecular formula is C11H5Cl2F3O2. The van der Waals surface area contributed by atoms with Gasteiger partial charge in [-0.1, -0.05) is 35.0 Å². The van der Waals surface area contributed by atoms with Crippen molar-refractivity contribution in [3.8, 4) is 11.8 Å². The predicted molar refractivity (Wildman–Crippen MR) is 60.6 cm³/mol. The number of hydrogen-bond acceptors (Lipinski definition) is 1. The second kappa shape index (κ2) is 5.51. The fourth-order valence-corrected chi connectivity index (χ4v) is 1.65. The van der Waals surface area contributed by atoms with Crippen molar-refractivity contribution in [2.24, 2.45) is 0 Å². The summed E-state index contributed by atoms with van der Waals surface area (Å²) in [6.07, 6.45) is -5.01. The van der Waals surface area contributed by atoms with Crippen molar-refractivity contribution < 1.29 is 23.1 Å². The minimum atomic E-state index is -4.56. The third-order valence-corrected chi connectivity index (χ3v) is 2.42. The lowest BCUT2D eigenvalue weighted by Crippen LogP contribution is -2.05. The molecular weight excluding hydrogens is 292 g/mol. The van der Waals surface area contributed by atoms with Gasteiger partial charge in [0.2, 0.25) is 0 Å². The Labute approximate surface area is 110 Å². The van der Waals surface area contributed by atoms with Gasteiger partial charge in [-0.2, -0.15) is 13.2 Å². The van der Waals surface area contributed by atoms with Gasteiger partial charge in [-0.15, -0.1) is 0 Å². The van der Waals surface area contributed by atoms with Gasteiger partial charge < -0.3 is 5.11 Å². The maximum Gasteiger partial charge on any atom is 0.416 e. The first-order valence-corrected chi connectivity index (χ1v) is 5.24. The van der Waals surface area contributed by atoms with Crippen molar-refractivity contribution in [1.29, 1.82) is 0 Å². The minimum absolute atomic E-state index is 0.0208. The first kappa shape index (κ1) is 14.7. The average molecular weight is 297 g/mol. The molecule has 0 radical (unpaired) electrons. The minimum Gasteiger partial charge on any atom is -0.481 e. The summed E-state index contributed by atoms with van der Waals surface area (Å²) in [5, 5.41) is 7.82. The van der Waals surface area contributed by atoms with E-state index < -0.39 is 24.1 Å². The molecule has 2 nitrogen and oxygen atoms in total. The second-order valence-electron chi connectivity index (χ2n) is 3.18. The standard InChI is InChI=1S/C11H5Cl2F3O2/c12-8-4-6(11(14,15)16)5-9(13)7(8)2-1-3-10(17)18/h4-5H,3H2,(H,17,18). The fraction of sp³-hybridized carbons (Fsp3) is 0.182. The highest BCUT2D eigenvalue weighted by Gasteiger charge is 2.31. The summed E-state index contributed by atoms with van der Waals surface area (Å²) in [7, 11) is 0. The number of carboxylic acids is 1. The van der Waals surface area contributed by atoms with E-state index in [1.54, 1.807) is 0 Å². The molecule has 0 saturated carbocycles. The Morgan fingerprint density at radius 3 is 2.17 bits per heavy atom. The zero-order valence-electron chi connectivity index (χ0n) is 8.61. The molecule has 1 rings (SSSR count). The predicted octanol–water partition coefficient (Wildman–Crippen LogP) is 3.84. The van der Waals surface area contributed by atoms with Crippen LogP contribution in [-0.2, 0) is 11.0 Å². The lowest BCUT2D eigenvalue weighted by Gasteiger charge is -2.09. The van der Waals surface area contributed by atoms with E-state index in [-0.39, 0.29) is 15.6 Å². The van der Waals surface area contributed by atoms with Crippen LogP contribution in [0.5, 0.6) is 0 Å². The van der Waals surface area contributed by atoms with Crippen LogP contribution in [0.4, 0.5) is 13.2 Å². The molecule has 0 heterocycles. The van der Waals surface area contributed by atoms with E-state index in [2.05, 4.69) is 11.8 Å². The molecule has 1 aromatic carbocycles. The van der Waals surface area contributed by atoms with Crippen molar-refractivity contribution >= 4 is 29.2 Å². The van der Waals surface area contributed by atoms with Crippen molar-refractivity contribution in [3.05, 3.63) is 33.3 Å². The van der Waals surface area contributed by atoms with Crippen LogP contribution in [0.25, 0.3) is 0 Å². The molecule has 1 aromatic rings. The van der Waals surface area contributed by atoms with Gasteiger partial charge in [0.25, 0.3) is 0 Å². The van der Waals surface area contributed by atoms with Gasteiger partial charge in [0.15, 0.2) is 0 Å². The molecule has 0 amide bonds. The molecule has 0 saturated heterocycles. The Morgan fingerprint density at radius 2 is 1.78 bits per heavy atom. The van der Waals surface area contributed by atoms with Gasteiger partial charge >= 0.3 is 12.1 Å². The fourth-order valence-electron chi connectivity index (χ4n) is 1.06. The summed E-state index contributed by atoms with van der Waals surface area (Å²) in [5.41, 5.74) is -1.01. The number of carbonyl (C=O) groups is 1. The first-order chi connectivity index (χ1) is 8.21. The lowest BCUT2D eigenvalue weighted by atomic mass is 10.1. The van der Waals surface area contributed by atoms with Gasteiger partial charge in [0.1, 0.15) is 6.42 Å². The number of halogens is 5. The Hall–Kier alpha value is -1.38. The summed E-state index contributed by atoms with van der Waals surface area (Å²) >= 11 is 11.2. The molecule has 0 spiro atoms. The summed E-state index contributed by atoms with van der Waals surface area (Å²) < 4.78 is 37.2. The summed E-state index contributed by atoms with van der Waals surface area (Å²) in [6.45, 7) is 0. The van der Waals surface area contributed by atoms with Gasteiger partial charge in [0, 0.05) is 0 Å². The molecule has 0 atom stereocenters. The molecule has 0 aromatic heterocycles. The van der Waals surface area contributed by atoms with Crippen LogP contribution in [0.1, 0.15) is 17.5 Å². The van der Waals surface area contributed by atoms with Gasteiger partial charge in [-0.25, -0.2) is 0 Å². The zero-order chi connectivity index (χ0) is 13.9. The van der Waals surface area contributed by atoms with E-state index in [1.807, 2.05) is 0 Å². The lowest BCUT2D eigenvalue weighted by molar-refractivity contribution is -0.138. The first-order valence-electron chi connectivity index (χ1n) is 4.48. The molecule has 7 heteroatoms. The van der Waals surface area contributed by atoms with Crippen molar-refractivity contribution in [1.82, 2.24) is 0 Å². The topological polar surface area (TPSA) is 37.3 Å². The van der Waals surface area contributed by atoms with Crippen LogP contribution < -0.4 is 0 Å². The maximum absolute atomic E-state index is 12.4. The normalized spacial score (nSPS) is 10.7. The monoisotopic (exact) mass is 296 g/mol. The van der Waals surface area contributed by atoms with Crippen LogP contribution in [-0.4, -0.2) is 11.1 Å². The molecule has 1 N–H and O–H groups in total. The molecule has 0 fully saturated rings. The average Bonchev–Trinajstić information content (AvgIpc) is 2.20. The highest BCUT2D eigenvalue weighted by atomic mass is 35.5.